The van der Waals surface area contributed by atoms with Gasteiger partial charge in [-0.2, -0.15) is 4.37 Å². The first-order chi connectivity index (χ1) is 11.7. The molecule has 0 spiro atoms. The minimum Gasteiger partial charge on any atom is -0.305 e. The Bertz CT molecular complexity index is 869. The summed E-state index contributed by atoms with van der Waals surface area (Å²) in [7, 11) is 0. The van der Waals surface area contributed by atoms with Gasteiger partial charge in [0.05, 0.1) is 11.3 Å². The van der Waals surface area contributed by atoms with E-state index in [1.165, 1.54) is 24.4 Å². The van der Waals surface area contributed by atoms with Gasteiger partial charge >= 0.3 is 0 Å². The minimum absolute atomic E-state index is 0.0353. The number of hydrogen-bond acceptors (Lipinski definition) is 4. The van der Waals surface area contributed by atoms with Crippen LogP contribution in [-0.4, -0.2) is 21.3 Å². The summed E-state index contributed by atoms with van der Waals surface area (Å²) in [4.78, 5) is 20.6. The van der Waals surface area contributed by atoms with Crippen LogP contribution in [0.1, 0.15) is 41.7 Å². The first-order valence-corrected chi connectivity index (χ1v) is 9.12. The van der Waals surface area contributed by atoms with Crippen molar-refractivity contribution >= 4 is 33.3 Å². The molecule has 0 radical (unpaired) electrons. The van der Waals surface area contributed by atoms with Crippen LogP contribution in [0.2, 0.25) is 0 Å². The number of anilines is 1. The lowest BCUT2D eigenvalue weighted by atomic mass is 10.1. The van der Waals surface area contributed by atoms with Crippen molar-refractivity contribution in [3.8, 4) is 0 Å². The normalized spacial score (nSPS) is 15.0. The number of fused-ring (bicyclic) bond motifs is 1. The second-order valence-electron chi connectivity index (χ2n) is 6.29. The van der Waals surface area contributed by atoms with E-state index >= 15 is 0 Å². The molecule has 0 saturated heterocycles. The molecule has 4 rings (SSSR count). The number of aryl methyl sites for hydroxylation is 1. The Hall–Kier alpha value is -2.27. The predicted molar refractivity (Wildman–Crippen MR) is 97.7 cm³/mol. The maximum Gasteiger partial charge on any atom is 0.260 e. The van der Waals surface area contributed by atoms with Gasteiger partial charge < -0.3 is 4.90 Å². The molecule has 1 aromatic carbocycles. The zero-order valence-corrected chi connectivity index (χ0v) is 14.4. The number of carbonyl (C=O) groups is 1. The number of pyridine rings is 1. The third-order valence-electron chi connectivity index (χ3n) is 4.70. The van der Waals surface area contributed by atoms with E-state index in [2.05, 4.69) is 9.36 Å². The molecule has 1 amide bonds. The summed E-state index contributed by atoms with van der Waals surface area (Å²) in [6.07, 6.45) is 6.19. The summed E-state index contributed by atoms with van der Waals surface area (Å²) in [5.74, 6) is 0.0353. The minimum atomic E-state index is 0.0353. The second kappa shape index (κ2) is 6.32. The maximum atomic E-state index is 13.3. The van der Waals surface area contributed by atoms with Gasteiger partial charge in [-0.15, -0.1) is 0 Å². The molecule has 1 aliphatic carbocycles. The van der Waals surface area contributed by atoms with Crippen LogP contribution >= 0.6 is 11.5 Å². The summed E-state index contributed by atoms with van der Waals surface area (Å²) in [5, 5.41) is 0.977. The average Bonchev–Trinajstić information content (AvgIpc) is 3.26. The molecule has 1 aliphatic rings. The molecule has 122 valence electrons. The number of benzene rings is 1. The van der Waals surface area contributed by atoms with E-state index in [0.29, 0.717) is 5.56 Å². The van der Waals surface area contributed by atoms with Gasteiger partial charge in [0.25, 0.3) is 5.91 Å². The van der Waals surface area contributed by atoms with Crippen molar-refractivity contribution in [2.75, 3.05) is 4.90 Å². The zero-order chi connectivity index (χ0) is 16.5. The Labute approximate surface area is 145 Å². The van der Waals surface area contributed by atoms with Gasteiger partial charge in [0, 0.05) is 23.3 Å². The highest BCUT2D eigenvalue weighted by atomic mass is 32.1. The van der Waals surface area contributed by atoms with E-state index in [4.69, 9.17) is 0 Å². The van der Waals surface area contributed by atoms with E-state index in [9.17, 15) is 4.79 Å². The van der Waals surface area contributed by atoms with Gasteiger partial charge in [0.2, 0.25) is 0 Å². The summed E-state index contributed by atoms with van der Waals surface area (Å²) in [5.41, 5.74) is 2.54. The van der Waals surface area contributed by atoms with Crippen LogP contribution in [0.4, 0.5) is 5.69 Å². The smallest absolute Gasteiger partial charge is 0.260 e. The van der Waals surface area contributed by atoms with E-state index in [1.54, 1.807) is 6.20 Å². The van der Waals surface area contributed by atoms with Crippen molar-refractivity contribution in [3.05, 3.63) is 53.9 Å². The van der Waals surface area contributed by atoms with Gasteiger partial charge in [-0.05, 0) is 49.5 Å². The van der Waals surface area contributed by atoms with Gasteiger partial charge in [0.15, 0.2) is 0 Å². The lowest BCUT2D eigenvalue weighted by Crippen LogP contribution is -2.39. The molecule has 0 unspecified atom stereocenters. The molecule has 0 bridgehead atoms. The van der Waals surface area contributed by atoms with Crippen molar-refractivity contribution in [2.24, 2.45) is 0 Å². The van der Waals surface area contributed by atoms with Crippen molar-refractivity contribution in [1.29, 1.82) is 0 Å². The third kappa shape index (κ3) is 2.69. The molecule has 3 aromatic rings. The lowest BCUT2D eigenvalue weighted by Gasteiger charge is -2.29. The summed E-state index contributed by atoms with van der Waals surface area (Å²) in [6, 6.07) is 12.2. The fraction of sp³-hybridized carbons (Fsp3) is 0.316. The van der Waals surface area contributed by atoms with E-state index < -0.39 is 0 Å². The Morgan fingerprint density at radius 2 is 1.96 bits per heavy atom. The van der Waals surface area contributed by atoms with E-state index in [0.717, 1.165) is 34.4 Å². The van der Waals surface area contributed by atoms with Gasteiger partial charge in [-0.25, -0.2) is 4.98 Å². The molecular formula is C19H19N3OS. The Morgan fingerprint density at radius 3 is 2.71 bits per heavy atom. The van der Waals surface area contributed by atoms with Crippen molar-refractivity contribution in [1.82, 2.24) is 9.36 Å². The number of amides is 1. The lowest BCUT2D eigenvalue weighted by molar-refractivity contribution is 0.0977. The molecular weight excluding hydrogens is 318 g/mol. The van der Waals surface area contributed by atoms with Crippen LogP contribution in [0, 0.1) is 6.92 Å². The first kappa shape index (κ1) is 15.3. The summed E-state index contributed by atoms with van der Waals surface area (Å²) in [6.45, 7) is 1.96. The van der Waals surface area contributed by atoms with Crippen molar-refractivity contribution in [3.63, 3.8) is 0 Å². The molecule has 1 saturated carbocycles. The maximum absolute atomic E-state index is 13.3. The number of rotatable bonds is 3. The highest BCUT2D eigenvalue weighted by Gasteiger charge is 2.29. The van der Waals surface area contributed by atoms with E-state index in [-0.39, 0.29) is 11.9 Å². The molecule has 24 heavy (non-hydrogen) atoms. The van der Waals surface area contributed by atoms with Gasteiger partial charge in [-0.1, -0.05) is 31.0 Å². The largest absolute Gasteiger partial charge is 0.305 e. The zero-order valence-electron chi connectivity index (χ0n) is 13.6. The average molecular weight is 337 g/mol. The Balaban J connectivity index is 1.75. The molecule has 2 heterocycles. The van der Waals surface area contributed by atoms with Gasteiger partial charge in [-0.3, -0.25) is 4.79 Å². The number of nitrogens with zero attached hydrogens (tertiary/aromatic N) is 3. The Kier molecular flexibility index (Phi) is 4.02. The molecule has 0 atom stereocenters. The van der Waals surface area contributed by atoms with Crippen LogP contribution in [0.15, 0.2) is 42.6 Å². The molecule has 1 fully saturated rings. The quantitative estimate of drug-likeness (QED) is 0.702. The molecule has 2 aromatic heterocycles. The van der Waals surface area contributed by atoms with Crippen LogP contribution in [0.25, 0.3) is 10.2 Å². The van der Waals surface area contributed by atoms with Crippen molar-refractivity contribution in [2.45, 2.75) is 38.6 Å². The first-order valence-electron chi connectivity index (χ1n) is 8.34. The van der Waals surface area contributed by atoms with Crippen LogP contribution in [-0.2, 0) is 0 Å². The van der Waals surface area contributed by atoms with Crippen LogP contribution in [0.5, 0.6) is 0 Å². The number of aromatic nitrogens is 2. The second-order valence-corrected chi connectivity index (χ2v) is 7.05. The Morgan fingerprint density at radius 1 is 1.21 bits per heavy atom. The number of hydrogen-bond donors (Lipinski definition) is 0. The molecule has 5 heteroatoms. The highest BCUT2D eigenvalue weighted by molar-refractivity contribution is 7.12. The standard InChI is InChI=1S/C19H19N3OS/c1-13-17-11-14(12-20-18(17)24-21-13)19(23)22(16-9-5-6-10-16)15-7-3-2-4-8-15/h2-4,7-8,11-12,16H,5-6,9-10H2,1H3. The van der Waals surface area contributed by atoms with Crippen molar-refractivity contribution < 1.29 is 4.79 Å². The molecule has 4 nitrogen and oxygen atoms in total. The van der Waals surface area contributed by atoms with Gasteiger partial charge in [0.1, 0.15) is 4.83 Å². The fourth-order valence-corrected chi connectivity index (χ4v) is 4.17. The third-order valence-corrected chi connectivity index (χ3v) is 5.56. The molecule has 0 N–H and O–H groups in total. The van der Waals surface area contributed by atoms with Crippen LogP contribution < -0.4 is 4.90 Å². The molecule has 0 aliphatic heterocycles. The van der Waals surface area contributed by atoms with Crippen LogP contribution in [0.3, 0.4) is 0 Å². The highest BCUT2D eigenvalue weighted by Crippen LogP contribution is 2.30. The monoisotopic (exact) mass is 337 g/mol. The summed E-state index contributed by atoms with van der Waals surface area (Å²) < 4.78 is 4.33. The topological polar surface area (TPSA) is 46.1 Å². The van der Waals surface area contributed by atoms with E-state index in [1.807, 2.05) is 48.2 Å². The predicted octanol–water partition coefficient (Wildman–Crippen LogP) is 4.59. The number of carbonyl (C=O) groups excluding carboxylic acids is 1. The fourth-order valence-electron chi connectivity index (χ4n) is 3.45. The summed E-state index contributed by atoms with van der Waals surface area (Å²) >= 11 is 1.38. The SMILES string of the molecule is Cc1nsc2ncc(C(=O)N(c3ccccc3)C3CCCC3)cc12. The number of para-hydroxylation sites is 1.